The summed E-state index contributed by atoms with van der Waals surface area (Å²) in [6.07, 6.45) is 12.0. The Morgan fingerprint density at radius 1 is 1.28 bits per heavy atom. The van der Waals surface area contributed by atoms with Gasteiger partial charge in [-0.3, -0.25) is 4.79 Å². The summed E-state index contributed by atoms with van der Waals surface area (Å²) in [5.74, 6) is 0.657. The van der Waals surface area contributed by atoms with E-state index < -0.39 is 27.3 Å². The van der Waals surface area contributed by atoms with E-state index in [1.807, 2.05) is 6.07 Å². The van der Waals surface area contributed by atoms with E-state index >= 15 is 0 Å². The van der Waals surface area contributed by atoms with Crippen molar-refractivity contribution < 1.29 is 27.8 Å². The summed E-state index contributed by atoms with van der Waals surface area (Å²) in [7, 11) is -2.37. The number of hydrogen-bond acceptors (Lipinski definition) is 7. The average molecular weight is 685 g/mol. The number of sulfonamides is 1. The fraction of sp³-hybridized carbons (Fsp3) is 0.541. The second-order valence-corrected chi connectivity index (χ2v) is 16.0. The molecule has 2 aromatic carbocycles. The Morgan fingerprint density at radius 3 is 2.79 bits per heavy atom. The fourth-order valence-electron chi connectivity index (χ4n) is 7.44. The molecule has 3 aliphatic rings. The molecular weight excluding hydrogens is 636 g/mol. The number of fused-ring (bicyclic) bond motifs is 3. The second-order valence-electron chi connectivity index (χ2n) is 13.5. The normalized spacial score (nSPS) is 24.3. The molecule has 0 unspecified atom stereocenters. The summed E-state index contributed by atoms with van der Waals surface area (Å²) in [5.41, 5.74) is 3.21. The highest BCUT2D eigenvalue weighted by Crippen LogP contribution is 2.47. The number of aliphatic hydroxyl groups is 1. The number of unbranched alkanes of at least 4 members (excludes halogenated alkanes) is 1. The van der Waals surface area contributed by atoms with Gasteiger partial charge >= 0.3 is 0 Å². The predicted octanol–water partition coefficient (Wildman–Crippen LogP) is 6.60. The summed E-state index contributed by atoms with van der Waals surface area (Å²) in [6, 6.07) is 11.3. The number of hydrogen-bond donors (Lipinski definition) is 2. The Morgan fingerprint density at radius 2 is 2.09 bits per heavy atom. The van der Waals surface area contributed by atoms with Crippen LogP contribution in [0.5, 0.6) is 5.75 Å². The highest BCUT2D eigenvalue weighted by molar-refractivity contribution is 7.90. The van der Waals surface area contributed by atoms with Crippen molar-refractivity contribution >= 4 is 33.2 Å². The maximum atomic E-state index is 13.4. The van der Waals surface area contributed by atoms with Crippen LogP contribution in [-0.4, -0.2) is 63.7 Å². The first-order valence-electron chi connectivity index (χ1n) is 16.9. The van der Waals surface area contributed by atoms with Crippen LogP contribution < -0.4 is 14.4 Å². The molecule has 2 aromatic rings. The largest absolute Gasteiger partial charge is 0.490 e. The highest BCUT2D eigenvalue weighted by Gasteiger charge is 2.44. The summed E-state index contributed by atoms with van der Waals surface area (Å²) in [6.45, 7) is 9.04. The van der Waals surface area contributed by atoms with Gasteiger partial charge in [-0.2, -0.15) is 0 Å². The molecule has 8 nitrogen and oxygen atoms in total. The number of nitrogens with one attached hydrogen (secondary N) is 1. The van der Waals surface area contributed by atoms with Gasteiger partial charge in [-0.15, -0.1) is 6.58 Å². The molecular formula is C37H49ClN2O6S. The Kier molecular flexibility index (Phi) is 11.4. The van der Waals surface area contributed by atoms with Crippen molar-refractivity contribution in [3.05, 3.63) is 82.9 Å². The van der Waals surface area contributed by atoms with E-state index in [4.69, 9.17) is 21.1 Å². The monoisotopic (exact) mass is 684 g/mol. The molecule has 1 saturated carbocycles. The molecule has 0 radical (unpaired) electrons. The molecule has 256 valence electrons. The number of allylic oxidation sites excluding steroid dienone is 1. The zero-order valence-electron chi connectivity index (χ0n) is 27.8. The van der Waals surface area contributed by atoms with Crippen molar-refractivity contribution in [2.24, 2.45) is 11.8 Å². The van der Waals surface area contributed by atoms with Crippen LogP contribution in [0, 0.1) is 11.8 Å². The second kappa shape index (κ2) is 15.1. The number of carbonyl (C=O) groups is 1. The quantitative estimate of drug-likeness (QED) is 0.229. The first kappa shape index (κ1) is 35.5. The third-order valence-electron chi connectivity index (χ3n) is 10.4. The molecule has 10 heteroatoms. The maximum absolute atomic E-state index is 13.4. The van der Waals surface area contributed by atoms with E-state index in [1.165, 1.54) is 24.1 Å². The number of aryl methyl sites for hydroxylation is 1. The molecule has 2 aliphatic carbocycles. The Bertz CT molecular complexity index is 1580. The maximum Gasteiger partial charge on any atom is 0.264 e. The van der Waals surface area contributed by atoms with E-state index in [0.717, 1.165) is 62.2 Å². The van der Waals surface area contributed by atoms with Gasteiger partial charge in [0.1, 0.15) is 11.0 Å². The van der Waals surface area contributed by atoms with Gasteiger partial charge in [0.2, 0.25) is 10.0 Å². The zero-order valence-corrected chi connectivity index (χ0v) is 29.4. The van der Waals surface area contributed by atoms with Crippen LogP contribution in [-0.2, 0) is 26.6 Å². The summed E-state index contributed by atoms with van der Waals surface area (Å²) >= 11 is 6.43. The van der Waals surface area contributed by atoms with Gasteiger partial charge in [0.15, 0.2) is 0 Å². The number of aliphatic hydroxyl groups excluding tert-OH is 1. The molecule has 0 bridgehead atoms. The van der Waals surface area contributed by atoms with Crippen LogP contribution in [0.3, 0.4) is 0 Å². The van der Waals surface area contributed by atoms with Gasteiger partial charge in [0.25, 0.3) is 5.91 Å². The first-order valence-corrected chi connectivity index (χ1v) is 18.8. The Labute approximate surface area is 285 Å². The number of rotatable bonds is 13. The van der Waals surface area contributed by atoms with Crippen molar-refractivity contribution in [2.45, 2.75) is 88.1 Å². The van der Waals surface area contributed by atoms with Crippen molar-refractivity contribution in [3.63, 3.8) is 0 Å². The number of amides is 1. The molecule has 1 aliphatic heterocycles. The number of ether oxygens (including phenoxy) is 2. The standard InChI is InChI=1S/C37H49ClN2O6S/c1-5-7-8-12-34(45-4)30-16-13-28(30)22-40-23-37(19-9-11-26-20-29(38)15-17-31(26)37)24-46-35-18-14-27(21-32(35)40)36(42)39-47(43,44)25(3)33(41)10-6-2/h6,8,12,14-15,17-18,20-21,25,28,30,33-34,41H,2,5,7,9-11,13,16,19,22-24H2,1,3-4H3,(H,39,42)/b12-8+/t25-,28-,30+,33-,34-,37-/m0/s1. The number of halogens is 1. The van der Waals surface area contributed by atoms with Crippen LogP contribution in [0.2, 0.25) is 5.02 Å². The summed E-state index contributed by atoms with van der Waals surface area (Å²) in [4.78, 5) is 15.8. The third-order valence-corrected chi connectivity index (χ3v) is 12.4. The van der Waals surface area contributed by atoms with Crippen molar-refractivity contribution in [3.8, 4) is 5.75 Å². The topological polar surface area (TPSA) is 105 Å². The van der Waals surface area contributed by atoms with Crippen LogP contribution in [0.4, 0.5) is 5.69 Å². The number of nitrogens with zero attached hydrogens (tertiary/aromatic N) is 1. The smallest absolute Gasteiger partial charge is 0.264 e. The molecule has 47 heavy (non-hydrogen) atoms. The Hall–Kier alpha value is -2.85. The van der Waals surface area contributed by atoms with E-state index in [-0.39, 0.29) is 23.5 Å². The summed E-state index contributed by atoms with van der Waals surface area (Å²) < 4.78 is 40.7. The van der Waals surface area contributed by atoms with Gasteiger partial charge in [0.05, 0.1) is 24.5 Å². The lowest BCUT2D eigenvalue weighted by atomic mass is 9.68. The third kappa shape index (κ3) is 7.74. The Balaban J connectivity index is 1.48. The zero-order chi connectivity index (χ0) is 33.8. The molecule has 1 heterocycles. The average Bonchev–Trinajstić information content (AvgIpc) is 3.18. The molecule has 5 rings (SSSR count). The number of methoxy groups -OCH3 is 1. The van der Waals surface area contributed by atoms with E-state index in [2.05, 4.69) is 47.4 Å². The van der Waals surface area contributed by atoms with Gasteiger partial charge in [-0.25, -0.2) is 13.1 Å². The molecule has 2 N–H and O–H groups in total. The first-order chi connectivity index (χ1) is 22.5. The lowest BCUT2D eigenvalue weighted by molar-refractivity contribution is 0.0132. The van der Waals surface area contributed by atoms with E-state index in [9.17, 15) is 18.3 Å². The SMILES string of the molecule is C=CC[C@H](O)[C@H](C)S(=O)(=O)NC(=O)c1ccc2c(c1)N(C[C@@H]1CC[C@H]1[C@H](/C=C/CCC)OC)C[C@@]1(CCCc3cc(Cl)ccc31)CO2. The van der Waals surface area contributed by atoms with Crippen LogP contribution in [0.25, 0.3) is 0 Å². The molecule has 0 saturated heterocycles. The number of benzene rings is 2. The lowest BCUT2D eigenvalue weighted by Crippen LogP contribution is -2.49. The lowest BCUT2D eigenvalue weighted by Gasteiger charge is -2.46. The number of anilines is 1. The molecule has 6 atom stereocenters. The van der Waals surface area contributed by atoms with Crippen LogP contribution in [0.15, 0.2) is 61.2 Å². The highest BCUT2D eigenvalue weighted by atomic mass is 35.5. The molecule has 1 amide bonds. The molecule has 0 aromatic heterocycles. The van der Waals surface area contributed by atoms with Gasteiger partial charge in [-0.05, 0) is 105 Å². The fourth-order valence-corrected chi connectivity index (χ4v) is 8.72. The molecule has 1 spiro atoms. The van der Waals surface area contributed by atoms with Gasteiger partial charge < -0.3 is 19.5 Å². The van der Waals surface area contributed by atoms with E-state index in [1.54, 1.807) is 25.3 Å². The van der Waals surface area contributed by atoms with Gasteiger partial charge in [0, 0.05) is 36.2 Å². The van der Waals surface area contributed by atoms with Crippen molar-refractivity contribution in [1.29, 1.82) is 0 Å². The summed E-state index contributed by atoms with van der Waals surface area (Å²) in [5, 5.41) is 9.81. The minimum absolute atomic E-state index is 0.0373. The van der Waals surface area contributed by atoms with Crippen LogP contribution in [0.1, 0.15) is 80.3 Å². The predicted molar refractivity (Wildman–Crippen MR) is 188 cm³/mol. The van der Waals surface area contributed by atoms with Crippen LogP contribution >= 0.6 is 11.6 Å². The molecule has 1 fully saturated rings. The van der Waals surface area contributed by atoms with E-state index in [0.29, 0.717) is 30.7 Å². The van der Waals surface area contributed by atoms with Gasteiger partial charge in [-0.1, -0.05) is 49.2 Å². The minimum Gasteiger partial charge on any atom is -0.490 e. The van der Waals surface area contributed by atoms with Crippen molar-refractivity contribution in [1.82, 2.24) is 4.72 Å². The van der Waals surface area contributed by atoms with Crippen molar-refractivity contribution in [2.75, 3.05) is 31.7 Å². The number of carbonyl (C=O) groups excluding carboxylic acids is 1. The minimum atomic E-state index is -4.15.